The van der Waals surface area contributed by atoms with Crippen LogP contribution in [0, 0.1) is 5.92 Å². The Labute approximate surface area is 101 Å². The maximum absolute atomic E-state index is 11.1. The lowest BCUT2D eigenvalue weighted by molar-refractivity contribution is -0.142. The molecule has 3 N–H and O–H groups in total. The maximum Gasteiger partial charge on any atom is 0.321 e. The molecule has 0 aliphatic heterocycles. The van der Waals surface area contributed by atoms with Crippen LogP contribution in [0.15, 0.2) is 30.3 Å². The summed E-state index contributed by atoms with van der Waals surface area (Å²) < 4.78 is 0. The minimum Gasteiger partial charge on any atom is -0.480 e. The predicted molar refractivity (Wildman–Crippen MR) is 65.6 cm³/mol. The van der Waals surface area contributed by atoms with E-state index in [0.29, 0.717) is 6.54 Å². The van der Waals surface area contributed by atoms with Gasteiger partial charge >= 0.3 is 5.97 Å². The minimum absolute atomic E-state index is 0.337. The predicted octanol–water partition coefficient (Wildman–Crippen LogP) is 1.25. The SMILES string of the molecule is C[C@@H]([C@H](C)O)[C@H](NCc1ccccc1)C(=O)O. The van der Waals surface area contributed by atoms with Gasteiger partial charge in [0.1, 0.15) is 6.04 Å². The third-order valence-electron chi connectivity index (χ3n) is 2.92. The van der Waals surface area contributed by atoms with Gasteiger partial charge in [0.25, 0.3) is 0 Å². The lowest BCUT2D eigenvalue weighted by Gasteiger charge is -2.23. The van der Waals surface area contributed by atoms with E-state index in [1.807, 2.05) is 30.3 Å². The van der Waals surface area contributed by atoms with Gasteiger partial charge in [0.2, 0.25) is 0 Å². The molecule has 94 valence electrons. The molecule has 0 bridgehead atoms. The molecule has 1 rings (SSSR count). The molecule has 3 atom stereocenters. The van der Waals surface area contributed by atoms with Crippen LogP contribution >= 0.6 is 0 Å². The first-order valence-electron chi connectivity index (χ1n) is 5.70. The zero-order valence-electron chi connectivity index (χ0n) is 10.1. The third-order valence-corrected chi connectivity index (χ3v) is 2.92. The molecule has 0 aromatic heterocycles. The summed E-state index contributed by atoms with van der Waals surface area (Å²) >= 11 is 0. The Hall–Kier alpha value is -1.39. The molecule has 0 unspecified atom stereocenters. The van der Waals surface area contributed by atoms with Gasteiger partial charge < -0.3 is 10.2 Å². The van der Waals surface area contributed by atoms with E-state index in [-0.39, 0.29) is 5.92 Å². The van der Waals surface area contributed by atoms with Gasteiger partial charge in [-0.3, -0.25) is 10.1 Å². The van der Waals surface area contributed by atoms with Crippen LogP contribution in [0.3, 0.4) is 0 Å². The number of aliphatic carboxylic acids is 1. The molecule has 1 aromatic rings. The summed E-state index contributed by atoms with van der Waals surface area (Å²) in [5, 5.41) is 21.5. The summed E-state index contributed by atoms with van der Waals surface area (Å²) in [6.07, 6.45) is -0.653. The summed E-state index contributed by atoms with van der Waals surface area (Å²) in [4.78, 5) is 11.1. The highest BCUT2D eigenvalue weighted by Gasteiger charge is 2.27. The fourth-order valence-corrected chi connectivity index (χ4v) is 1.60. The Bertz CT molecular complexity index is 351. The van der Waals surface area contributed by atoms with Crippen LogP contribution in [0.2, 0.25) is 0 Å². The average molecular weight is 237 g/mol. The molecule has 0 amide bonds. The van der Waals surface area contributed by atoms with E-state index in [1.54, 1.807) is 13.8 Å². The minimum atomic E-state index is -0.936. The molecule has 0 spiro atoms. The van der Waals surface area contributed by atoms with Gasteiger partial charge in [-0.05, 0) is 12.5 Å². The molecule has 0 saturated carbocycles. The van der Waals surface area contributed by atoms with Crippen LogP contribution in [0.1, 0.15) is 19.4 Å². The Morgan fingerprint density at radius 1 is 1.29 bits per heavy atom. The van der Waals surface area contributed by atoms with Crippen molar-refractivity contribution in [2.75, 3.05) is 0 Å². The van der Waals surface area contributed by atoms with Gasteiger partial charge in [0.15, 0.2) is 0 Å². The van der Waals surface area contributed by atoms with Crippen molar-refractivity contribution in [2.45, 2.75) is 32.5 Å². The van der Waals surface area contributed by atoms with E-state index in [0.717, 1.165) is 5.56 Å². The van der Waals surface area contributed by atoms with Gasteiger partial charge in [0, 0.05) is 12.5 Å². The van der Waals surface area contributed by atoms with Gasteiger partial charge in [-0.15, -0.1) is 0 Å². The first-order valence-corrected chi connectivity index (χ1v) is 5.70. The second-order valence-corrected chi connectivity index (χ2v) is 4.28. The van der Waals surface area contributed by atoms with E-state index in [1.165, 1.54) is 0 Å². The summed E-state index contributed by atoms with van der Waals surface area (Å²) in [5.41, 5.74) is 1.02. The second kappa shape index (κ2) is 6.37. The maximum atomic E-state index is 11.1. The molecule has 1 aromatic carbocycles. The van der Waals surface area contributed by atoms with Crippen LogP contribution in [-0.4, -0.2) is 28.3 Å². The number of rotatable bonds is 6. The number of carboxylic acid groups (broad SMARTS) is 1. The van der Waals surface area contributed by atoms with Crippen molar-refractivity contribution >= 4 is 5.97 Å². The Balaban J connectivity index is 2.60. The van der Waals surface area contributed by atoms with Gasteiger partial charge in [-0.1, -0.05) is 37.3 Å². The Morgan fingerprint density at radius 2 is 1.88 bits per heavy atom. The summed E-state index contributed by atoms with van der Waals surface area (Å²) in [5.74, 6) is -1.27. The molecule has 0 saturated heterocycles. The monoisotopic (exact) mass is 237 g/mol. The molecule has 4 heteroatoms. The third kappa shape index (κ3) is 4.17. The molecule has 0 heterocycles. The van der Waals surface area contributed by atoms with Crippen molar-refractivity contribution in [1.29, 1.82) is 0 Å². The van der Waals surface area contributed by atoms with Crippen molar-refractivity contribution in [3.8, 4) is 0 Å². The van der Waals surface area contributed by atoms with Crippen molar-refractivity contribution < 1.29 is 15.0 Å². The second-order valence-electron chi connectivity index (χ2n) is 4.28. The van der Waals surface area contributed by atoms with Gasteiger partial charge in [0.05, 0.1) is 6.10 Å². The van der Waals surface area contributed by atoms with E-state index in [4.69, 9.17) is 5.11 Å². The molecular weight excluding hydrogens is 218 g/mol. The van der Waals surface area contributed by atoms with Crippen molar-refractivity contribution in [1.82, 2.24) is 5.32 Å². The fraction of sp³-hybridized carbons (Fsp3) is 0.462. The highest BCUT2D eigenvalue weighted by atomic mass is 16.4. The molecular formula is C13H19NO3. The quantitative estimate of drug-likeness (QED) is 0.696. The molecule has 0 radical (unpaired) electrons. The molecule has 0 aliphatic rings. The Kier molecular flexibility index (Phi) is 5.12. The average Bonchev–Trinajstić information content (AvgIpc) is 2.29. The smallest absolute Gasteiger partial charge is 0.321 e. The lowest BCUT2D eigenvalue weighted by atomic mass is 9.96. The first-order chi connectivity index (χ1) is 8.02. The van der Waals surface area contributed by atoms with Crippen LogP contribution in [0.4, 0.5) is 0 Å². The van der Waals surface area contributed by atoms with E-state index >= 15 is 0 Å². The summed E-state index contributed by atoms with van der Waals surface area (Å²) in [6, 6.07) is 8.85. The lowest BCUT2D eigenvalue weighted by Crippen LogP contribution is -2.45. The van der Waals surface area contributed by atoms with E-state index < -0.39 is 18.1 Å². The van der Waals surface area contributed by atoms with Crippen molar-refractivity contribution in [3.63, 3.8) is 0 Å². The van der Waals surface area contributed by atoms with Crippen molar-refractivity contribution in [3.05, 3.63) is 35.9 Å². The van der Waals surface area contributed by atoms with E-state index in [9.17, 15) is 9.90 Å². The molecule has 17 heavy (non-hydrogen) atoms. The number of hydrogen-bond acceptors (Lipinski definition) is 3. The van der Waals surface area contributed by atoms with Crippen LogP contribution < -0.4 is 5.32 Å². The normalized spacial score (nSPS) is 16.2. The fourth-order valence-electron chi connectivity index (χ4n) is 1.60. The van der Waals surface area contributed by atoms with Crippen molar-refractivity contribution in [2.24, 2.45) is 5.92 Å². The van der Waals surface area contributed by atoms with Gasteiger partial charge in [-0.25, -0.2) is 0 Å². The van der Waals surface area contributed by atoms with Gasteiger partial charge in [-0.2, -0.15) is 0 Å². The van der Waals surface area contributed by atoms with Crippen LogP contribution in [-0.2, 0) is 11.3 Å². The molecule has 0 aliphatic carbocycles. The number of nitrogens with one attached hydrogen (secondary N) is 1. The molecule has 4 nitrogen and oxygen atoms in total. The summed E-state index contributed by atoms with van der Waals surface area (Å²) in [7, 11) is 0. The number of carboxylic acids is 1. The van der Waals surface area contributed by atoms with Crippen LogP contribution in [0.25, 0.3) is 0 Å². The van der Waals surface area contributed by atoms with E-state index in [2.05, 4.69) is 5.32 Å². The number of aliphatic hydroxyl groups excluding tert-OH is 1. The Morgan fingerprint density at radius 3 is 2.35 bits per heavy atom. The number of aliphatic hydroxyl groups is 1. The largest absolute Gasteiger partial charge is 0.480 e. The highest BCUT2D eigenvalue weighted by molar-refractivity contribution is 5.73. The molecule has 0 fully saturated rings. The zero-order chi connectivity index (χ0) is 12.8. The zero-order valence-corrected chi connectivity index (χ0v) is 10.1. The number of hydrogen-bond donors (Lipinski definition) is 3. The highest BCUT2D eigenvalue weighted by Crippen LogP contribution is 2.10. The topological polar surface area (TPSA) is 69.6 Å². The standard InChI is InChI=1S/C13H19NO3/c1-9(10(2)15)12(13(16)17)14-8-11-6-4-3-5-7-11/h3-7,9-10,12,14-15H,8H2,1-2H3,(H,16,17)/t9-,10-,12-/m0/s1. The van der Waals surface area contributed by atoms with Crippen LogP contribution in [0.5, 0.6) is 0 Å². The first kappa shape index (κ1) is 13.7. The number of benzene rings is 1. The summed E-state index contributed by atoms with van der Waals surface area (Å²) in [6.45, 7) is 3.81. The number of carbonyl (C=O) groups is 1.